The van der Waals surface area contributed by atoms with Gasteiger partial charge in [-0.15, -0.1) is 0 Å². The predicted octanol–water partition coefficient (Wildman–Crippen LogP) is 4.76. The second-order valence-corrected chi connectivity index (χ2v) is 8.74. The van der Waals surface area contributed by atoms with E-state index in [4.69, 9.17) is 4.74 Å². The highest BCUT2D eigenvalue weighted by molar-refractivity contribution is 5.88. The van der Waals surface area contributed by atoms with E-state index in [1.807, 2.05) is 44.2 Å². The van der Waals surface area contributed by atoms with Crippen LogP contribution in [0.4, 0.5) is 8.78 Å². The molecule has 3 aromatic carbocycles. The summed E-state index contributed by atoms with van der Waals surface area (Å²) >= 11 is 0. The van der Waals surface area contributed by atoms with Gasteiger partial charge in [-0.1, -0.05) is 56.3 Å². The van der Waals surface area contributed by atoms with Crippen molar-refractivity contribution < 1.29 is 23.1 Å². The van der Waals surface area contributed by atoms with Crippen LogP contribution in [0.5, 0.6) is 5.75 Å². The lowest BCUT2D eigenvalue weighted by molar-refractivity contribution is -0.142. The lowest BCUT2D eigenvalue weighted by Gasteiger charge is -2.31. The number of benzene rings is 3. The monoisotopic (exact) mass is 480 g/mol. The predicted molar refractivity (Wildman–Crippen MR) is 131 cm³/mol. The van der Waals surface area contributed by atoms with Gasteiger partial charge in [-0.2, -0.15) is 0 Å². The van der Waals surface area contributed by atoms with Crippen molar-refractivity contribution in [3.63, 3.8) is 0 Å². The average Bonchev–Trinajstić information content (AvgIpc) is 2.86. The van der Waals surface area contributed by atoms with Crippen LogP contribution in [0.15, 0.2) is 78.9 Å². The van der Waals surface area contributed by atoms with Crippen molar-refractivity contribution in [1.29, 1.82) is 0 Å². The molecule has 0 spiro atoms. The van der Waals surface area contributed by atoms with Gasteiger partial charge in [0.2, 0.25) is 5.91 Å². The molecule has 184 valence electrons. The van der Waals surface area contributed by atoms with Crippen molar-refractivity contribution in [3.8, 4) is 5.75 Å². The zero-order chi connectivity index (χ0) is 25.2. The minimum atomic E-state index is -0.814. The maximum Gasteiger partial charge on any atom is 0.261 e. The molecule has 0 bridgehead atoms. The van der Waals surface area contributed by atoms with Gasteiger partial charge < -0.3 is 15.0 Å². The fourth-order valence-electron chi connectivity index (χ4n) is 3.52. The van der Waals surface area contributed by atoms with Gasteiger partial charge in [-0.05, 0) is 53.4 Å². The third-order valence-corrected chi connectivity index (χ3v) is 5.40. The van der Waals surface area contributed by atoms with E-state index in [9.17, 15) is 18.4 Å². The highest BCUT2D eigenvalue weighted by Gasteiger charge is 2.30. The first-order valence-corrected chi connectivity index (χ1v) is 11.6. The second kappa shape index (κ2) is 12.6. The number of rotatable bonds is 11. The van der Waals surface area contributed by atoms with Gasteiger partial charge in [0.15, 0.2) is 6.61 Å². The SMILES string of the molecule is CC(C)CNC(=O)[C@@H](Cc1ccccc1)N(Cc1ccc(F)cc1)C(=O)COc1ccc(F)cc1. The van der Waals surface area contributed by atoms with Gasteiger partial charge in [0.1, 0.15) is 23.4 Å². The van der Waals surface area contributed by atoms with E-state index in [0.717, 1.165) is 5.56 Å². The first kappa shape index (κ1) is 25.9. The number of carbonyl (C=O) groups is 2. The standard InChI is InChI=1S/C28H30F2N2O3/c1-20(2)17-31-28(34)26(16-21-6-4-3-5-7-21)32(18-22-8-10-23(29)11-9-22)27(33)19-35-25-14-12-24(30)13-15-25/h3-15,20,26H,16-19H2,1-2H3,(H,31,34)/t26-/m1/s1. The summed E-state index contributed by atoms with van der Waals surface area (Å²) in [5, 5.41) is 2.94. The van der Waals surface area contributed by atoms with Crippen LogP contribution in [0.1, 0.15) is 25.0 Å². The van der Waals surface area contributed by atoms with Crippen LogP contribution < -0.4 is 10.1 Å². The van der Waals surface area contributed by atoms with Crippen molar-refractivity contribution in [3.05, 3.63) is 102 Å². The number of nitrogens with zero attached hydrogens (tertiary/aromatic N) is 1. The van der Waals surface area contributed by atoms with Crippen molar-refractivity contribution in [2.24, 2.45) is 5.92 Å². The molecule has 3 aromatic rings. The summed E-state index contributed by atoms with van der Waals surface area (Å²) in [6.07, 6.45) is 0.300. The quantitative estimate of drug-likeness (QED) is 0.431. The maximum absolute atomic E-state index is 13.5. The van der Waals surface area contributed by atoms with Crippen molar-refractivity contribution in [1.82, 2.24) is 10.2 Å². The Morgan fingerprint density at radius 1 is 0.857 bits per heavy atom. The molecule has 0 aliphatic rings. The van der Waals surface area contributed by atoms with Gasteiger partial charge in [0, 0.05) is 19.5 Å². The average molecular weight is 481 g/mol. The van der Waals surface area contributed by atoms with Crippen LogP contribution >= 0.6 is 0 Å². The molecular formula is C28H30F2N2O3. The van der Waals surface area contributed by atoms with Crippen molar-refractivity contribution in [2.75, 3.05) is 13.2 Å². The normalized spacial score (nSPS) is 11.7. The second-order valence-electron chi connectivity index (χ2n) is 8.74. The Morgan fingerprint density at radius 3 is 2.06 bits per heavy atom. The first-order chi connectivity index (χ1) is 16.8. The number of hydrogen-bond donors (Lipinski definition) is 1. The summed E-state index contributed by atoms with van der Waals surface area (Å²) in [5.41, 5.74) is 1.57. The molecule has 0 heterocycles. The van der Waals surface area contributed by atoms with Gasteiger partial charge in [-0.25, -0.2) is 8.78 Å². The molecule has 2 amide bonds. The number of halogens is 2. The summed E-state index contributed by atoms with van der Waals surface area (Å²) < 4.78 is 32.3. The van der Waals surface area contributed by atoms with Gasteiger partial charge in [0.25, 0.3) is 5.91 Å². The van der Waals surface area contributed by atoms with Crippen molar-refractivity contribution in [2.45, 2.75) is 32.9 Å². The van der Waals surface area contributed by atoms with E-state index >= 15 is 0 Å². The van der Waals surface area contributed by atoms with Crippen LogP contribution in [0.2, 0.25) is 0 Å². The van der Waals surface area contributed by atoms with Crippen LogP contribution in [0.3, 0.4) is 0 Å². The summed E-state index contributed by atoms with van der Waals surface area (Å²) in [4.78, 5) is 28.2. The fourth-order valence-corrected chi connectivity index (χ4v) is 3.52. The number of carbonyl (C=O) groups excluding carboxylic acids is 2. The molecule has 0 aliphatic heterocycles. The van der Waals surface area contributed by atoms with E-state index in [0.29, 0.717) is 24.3 Å². The zero-order valence-corrected chi connectivity index (χ0v) is 19.9. The Balaban J connectivity index is 1.88. The Labute approximate surface area is 204 Å². The van der Waals surface area contributed by atoms with E-state index in [-0.39, 0.29) is 30.8 Å². The Morgan fingerprint density at radius 2 is 1.46 bits per heavy atom. The van der Waals surface area contributed by atoms with E-state index in [2.05, 4.69) is 5.32 Å². The molecule has 3 rings (SSSR count). The van der Waals surface area contributed by atoms with Crippen molar-refractivity contribution >= 4 is 11.8 Å². The Kier molecular flexibility index (Phi) is 9.35. The molecule has 0 aliphatic carbocycles. The third-order valence-electron chi connectivity index (χ3n) is 5.40. The molecule has 0 radical (unpaired) electrons. The molecule has 5 nitrogen and oxygen atoms in total. The van der Waals surface area contributed by atoms with Gasteiger partial charge >= 0.3 is 0 Å². The zero-order valence-electron chi connectivity index (χ0n) is 19.9. The molecule has 0 aromatic heterocycles. The smallest absolute Gasteiger partial charge is 0.261 e. The molecule has 7 heteroatoms. The fraction of sp³-hybridized carbons (Fsp3) is 0.286. The minimum Gasteiger partial charge on any atom is -0.484 e. The summed E-state index contributed by atoms with van der Waals surface area (Å²) in [5.74, 6) is -0.919. The first-order valence-electron chi connectivity index (χ1n) is 11.6. The van der Waals surface area contributed by atoms with Crippen LogP contribution in [0.25, 0.3) is 0 Å². The molecule has 0 saturated heterocycles. The number of ether oxygens (including phenoxy) is 1. The Hall–Kier alpha value is -3.74. The molecule has 0 fully saturated rings. The van der Waals surface area contributed by atoms with E-state index in [1.165, 1.54) is 41.3 Å². The summed E-state index contributed by atoms with van der Waals surface area (Å²) in [6, 6.07) is 19.8. The lowest BCUT2D eigenvalue weighted by Crippen LogP contribution is -2.52. The maximum atomic E-state index is 13.5. The Bertz CT molecular complexity index is 1090. The van der Waals surface area contributed by atoms with Gasteiger partial charge in [0.05, 0.1) is 0 Å². The molecule has 1 N–H and O–H groups in total. The number of amides is 2. The number of hydrogen-bond acceptors (Lipinski definition) is 3. The van der Waals surface area contributed by atoms with Gasteiger partial charge in [-0.3, -0.25) is 9.59 Å². The van der Waals surface area contributed by atoms with E-state index < -0.39 is 17.8 Å². The highest BCUT2D eigenvalue weighted by Crippen LogP contribution is 2.17. The molecule has 1 atom stereocenters. The third kappa shape index (κ3) is 8.21. The molecular weight excluding hydrogens is 450 g/mol. The lowest BCUT2D eigenvalue weighted by atomic mass is 10.0. The largest absolute Gasteiger partial charge is 0.484 e. The summed E-state index contributed by atoms with van der Waals surface area (Å²) in [7, 11) is 0. The molecule has 0 unspecified atom stereocenters. The summed E-state index contributed by atoms with van der Waals surface area (Å²) in [6.45, 7) is 4.21. The number of nitrogens with one attached hydrogen (secondary N) is 1. The molecule has 35 heavy (non-hydrogen) atoms. The van der Waals surface area contributed by atoms with E-state index in [1.54, 1.807) is 12.1 Å². The highest BCUT2D eigenvalue weighted by atomic mass is 19.1. The van der Waals surface area contributed by atoms with Crippen LogP contribution in [-0.4, -0.2) is 35.9 Å². The van der Waals surface area contributed by atoms with Crippen LogP contribution in [0, 0.1) is 17.6 Å². The minimum absolute atomic E-state index is 0.0957. The van der Waals surface area contributed by atoms with Crippen LogP contribution in [-0.2, 0) is 22.6 Å². The molecule has 0 saturated carbocycles. The topological polar surface area (TPSA) is 58.6 Å².